The van der Waals surface area contributed by atoms with Gasteiger partial charge in [-0.1, -0.05) is 12.1 Å². The fraction of sp³-hybridized carbons (Fsp3) is 0.435. The van der Waals surface area contributed by atoms with Crippen molar-refractivity contribution >= 4 is 17.4 Å². The number of morpholine rings is 1. The summed E-state index contributed by atoms with van der Waals surface area (Å²) in [6, 6.07) is 10.4. The van der Waals surface area contributed by atoms with E-state index < -0.39 is 17.8 Å². The standard InChI is InChI=1S/C23H26F3N3O3/c1-31-18-5-2-4-16(14-18)20-6-3-9-29(20)22(30)27-19-15-17(23(24,25)26)7-8-21(19)28-10-12-32-13-11-28/h2,4-5,7-8,14-15,20H,3,6,9-13H2,1H3,(H,27,30)/t20-/m0/s1. The summed E-state index contributed by atoms with van der Waals surface area (Å²) in [5, 5.41) is 2.76. The van der Waals surface area contributed by atoms with Crippen LogP contribution in [0, 0.1) is 0 Å². The number of urea groups is 1. The second kappa shape index (κ2) is 9.28. The number of hydrogen-bond donors (Lipinski definition) is 1. The highest BCUT2D eigenvalue weighted by Gasteiger charge is 2.34. The maximum Gasteiger partial charge on any atom is 0.416 e. The van der Waals surface area contributed by atoms with E-state index >= 15 is 0 Å². The summed E-state index contributed by atoms with van der Waals surface area (Å²) < 4.78 is 50.7. The summed E-state index contributed by atoms with van der Waals surface area (Å²) in [5.74, 6) is 0.697. The number of carbonyl (C=O) groups excluding carboxylic acids is 1. The van der Waals surface area contributed by atoms with Crippen molar-refractivity contribution in [3.8, 4) is 5.75 Å². The van der Waals surface area contributed by atoms with Gasteiger partial charge in [0.25, 0.3) is 0 Å². The lowest BCUT2D eigenvalue weighted by Gasteiger charge is -2.32. The number of alkyl halides is 3. The van der Waals surface area contributed by atoms with Crippen molar-refractivity contribution in [3.63, 3.8) is 0 Å². The number of rotatable bonds is 4. The Hall–Kier alpha value is -2.94. The highest BCUT2D eigenvalue weighted by atomic mass is 19.4. The first-order valence-electron chi connectivity index (χ1n) is 10.6. The molecular weight excluding hydrogens is 423 g/mol. The van der Waals surface area contributed by atoms with Crippen molar-refractivity contribution in [1.29, 1.82) is 0 Å². The molecule has 32 heavy (non-hydrogen) atoms. The molecule has 172 valence electrons. The Kier molecular flexibility index (Phi) is 6.45. The normalized spacial score (nSPS) is 19.2. The molecule has 2 aliphatic rings. The van der Waals surface area contributed by atoms with Crippen molar-refractivity contribution < 1.29 is 27.4 Å². The first kappa shape index (κ1) is 22.3. The second-order valence-corrected chi connectivity index (χ2v) is 7.89. The minimum Gasteiger partial charge on any atom is -0.497 e. The van der Waals surface area contributed by atoms with Crippen LogP contribution in [0.15, 0.2) is 42.5 Å². The Balaban J connectivity index is 1.60. The largest absolute Gasteiger partial charge is 0.497 e. The number of likely N-dealkylation sites (tertiary alicyclic amines) is 1. The topological polar surface area (TPSA) is 54.0 Å². The van der Waals surface area contributed by atoms with Crippen LogP contribution in [0.4, 0.5) is 29.3 Å². The maximum atomic E-state index is 13.4. The molecule has 9 heteroatoms. The van der Waals surface area contributed by atoms with Gasteiger partial charge >= 0.3 is 12.2 Å². The molecule has 1 atom stereocenters. The summed E-state index contributed by atoms with van der Waals surface area (Å²) >= 11 is 0. The number of halogens is 3. The van der Waals surface area contributed by atoms with Crippen molar-refractivity contribution in [2.24, 2.45) is 0 Å². The van der Waals surface area contributed by atoms with Gasteiger partial charge < -0.3 is 24.6 Å². The lowest BCUT2D eigenvalue weighted by Crippen LogP contribution is -2.38. The van der Waals surface area contributed by atoms with E-state index in [1.807, 2.05) is 29.2 Å². The molecule has 0 unspecified atom stereocenters. The van der Waals surface area contributed by atoms with Gasteiger partial charge in [-0.25, -0.2) is 4.79 Å². The zero-order valence-electron chi connectivity index (χ0n) is 17.8. The monoisotopic (exact) mass is 449 g/mol. The number of anilines is 2. The molecule has 2 aliphatic heterocycles. The van der Waals surface area contributed by atoms with Crippen LogP contribution in [0.1, 0.15) is 30.0 Å². The second-order valence-electron chi connectivity index (χ2n) is 7.89. The quantitative estimate of drug-likeness (QED) is 0.720. The zero-order valence-corrected chi connectivity index (χ0v) is 17.8. The average molecular weight is 449 g/mol. The van der Waals surface area contributed by atoms with Crippen molar-refractivity contribution in [1.82, 2.24) is 4.90 Å². The lowest BCUT2D eigenvalue weighted by molar-refractivity contribution is -0.137. The minimum absolute atomic E-state index is 0.156. The maximum absolute atomic E-state index is 13.4. The third-order valence-corrected chi connectivity index (χ3v) is 5.91. The molecule has 1 N–H and O–H groups in total. The van der Waals surface area contributed by atoms with Gasteiger partial charge in [0.1, 0.15) is 5.75 Å². The molecule has 0 radical (unpaired) electrons. The lowest BCUT2D eigenvalue weighted by atomic mass is 10.0. The summed E-state index contributed by atoms with van der Waals surface area (Å²) in [4.78, 5) is 16.8. The van der Waals surface area contributed by atoms with Crippen LogP contribution in [-0.4, -0.2) is 50.9 Å². The van der Waals surface area contributed by atoms with Crippen LogP contribution in [0.5, 0.6) is 5.75 Å². The summed E-state index contributed by atoms with van der Waals surface area (Å²) in [7, 11) is 1.58. The summed E-state index contributed by atoms with van der Waals surface area (Å²) in [5.41, 5.74) is 0.861. The van der Waals surface area contributed by atoms with Crippen LogP contribution in [0.3, 0.4) is 0 Å². The Morgan fingerprint density at radius 1 is 1.12 bits per heavy atom. The van der Waals surface area contributed by atoms with Crippen LogP contribution < -0.4 is 15.0 Å². The molecule has 0 aromatic heterocycles. The van der Waals surface area contributed by atoms with E-state index in [4.69, 9.17) is 9.47 Å². The molecule has 0 aliphatic carbocycles. The summed E-state index contributed by atoms with van der Waals surface area (Å²) in [6.45, 7) is 2.59. The number of ether oxygens (including phenoxy) is 2. The molecule has 2 aromatic carbocycles. The van der Waals surface area contributed by atoms with Gasteiger partial charge in [0.05, 0.1) is 43.3 Å². The first-order valence-corrected chi connectivity index (χ1v) is 10.6. The van der Waals surface area contributed by atoms with Gasteiger partial charge in [0, 0.05) is 19.6 Å². The zero-order chi connectivity index (χ0) is 22.7. The van der Waals surface area contributed by atoms with E-state index in [2.05, 4.69) is 5.32 Å². The predicted octanol–water partition coefficient (Wildman–Crippen LogP) is 4.92. The molecule has 2 aromatic rings. The number of hydrogen-bond acceptors (Lipinski definition) is 4. The third-order valence-electron chi connectivity index (χ3n) is 5.91. The number of benzene rings is 2. The number of amides is 2. The van der Waals surface area contributed by atoms with Gasteiger partial charge in [-0.2, -0.15) is 13.2 Å². The van der Waals surface area contributed by atoms with Crippen molar-refractivity contribution in [2.45, 2.75) is 25.1 Å². The fourth-order valence-electron chi connectivity index (χ4n) is 4.28. The molecule has 0 saturated carbocycles. The number of carbonyl (C=O) groups is 1. The fourth-order valence-corrected chi connectivity index (χ4v) is 4.28. The Morgan fingerprint density at radius 2 is 1.91 bits per heavy atom. The first-order chi connectivity index (χ1) is 15.4. The smallest absolute Gasteiger partial charge is 0.416 e. The molecule has 2 saturated heterocycles. The van der Waals surface area contributed by atoms with Crippen molar-refractivity contribution in [3.05, 3.63) is 53.6 Å². The minimum atomic E-state index is -4.50. The number of nitrogens with zero attached hydrogens (tertiary/aromatic N) is 2. The average Bonchev–Trinajstić information content (AvgIpc) is 3.29. The van der Waals surface area contributed by atoms with E-state index in [1.54, 1.807) is 12.0 Å². The molecule has 0 spiro atoms. The SMILES string of the molecule is COc1cccc([C@@H]2CCCN2C(=O)Nc2cc(C(F)(F)F)ccc2N2CCOCC2)c1. The molecule has 2 amide bonds. The third kappa shape index (κ3) is 4.77. The van der Waals surface area contributed by atoms with E-state index in [1.165, 1.54) is 6.07 Å². The molecule has 6 nitrogen and oxygen atoms in total. The van der Waals surface area contributed by atoms with E-state index in [0.717, 1.165) is 30.5 Å². The van der Waals surface area contributed by atoms with Crippen LogP contribution in [0.2, 0.25) is 0 Å². The van der Waals surface area contributed by atoms with Crippen LogP contribution in [-0.2, 0) is 10.9 Å². The molecule has 0 bridgehead atoms. The Morgan fingerprint density at radius 3 is 2.62 bits per heavy atom. The van der Waals surface area contributed by atoms with E-state index in [9.17, 15) is 18.0 Å². The van der Waals surface area contributed by atoms with Gasteiger partial charge in [-0.15, -0.1) is 0 Å². The number of methoxy groups -OCH3 is 1. The van der Waals surface area contributed by atoms with Gasteiger partial charge in [0.15, 0.2) is 0 Å². The Labute approximate surface area is 184 Å². The highest BCUT2D eigenvalue weighted by Crippen LogP contribution is 2.38. The molecule has 4 rings (SSSR count). The molecule has 2 fully saturated rings. The van der Waals surface area contributed by atoms with E-state index in [0.29, 0.717) is 44.3 Å². The predicted molar refractivity (Wildman–Crippen MR) is 115 cm³/mol. The van der Waals surface area contributed by atoms with Gasteiger partial charge in [-0.3, -0.25) is 0 Å². The number of nitrogens with one attached hydrogen (secondary N) is 1. The summed E-state index contributed by atoms with van der Waals surface area (Å²) in [6.07, 6.45) is -2.91. The van der Waals surface area contributed by atoms with Crippen molar-refractivity contribution in [2.75, 3.05) is 50.2 Å². The van der Waals surface area contributed by atoms with Crippen LogP contribution in [0.25, 0.3) is 0 Å². The molecule has 2 heterocycles. The Bertz CT molecular complexity index is 961. The molecular formula is C23H26F3N3O3. The highest BCUT2D eigenvalue weighted by molar-refractivity contribution is 5.94. The van der Waals surface area contributed by atoms with E-state index in [-0.39, 0.29) is 11.7 Å². The van der Waals surface area contributed by atoms with Gasteiger partial charge in [0.2, 0.25) is 0 Å². The van der Waals surface area contributed by atoms with Crippen LogP contribution >= 0.6 is 0 Å². The van der Waals surface area contributed by atoms with Gasteiger partial charge in [-0.05, 0) is 48.7 Å².